The van der Waals surface area contributed by atoms with Crippen LogP contribution in [0.5, 0.6) is 0 Å². The van der Waals surface area contributed by atoms with Crippen LogP contribution in [0.3, 0.4) is 0 Å². The fraction of sp³-hybridized carbons (Fsp3) is 0. The van der Waals surface area contributed by atoms with Gasteiger partial charge in [0.2, 0.25) is 0 Å². The van der Waals surface area contributed by atoms with E-state index in [1.807, 2.05) is 48.5 Å². The number of para-hydroxylation sites is 3. The monoisotopic (exact) mass is 334 g/mol. The summed E-state index contributed by atoms with van der Waals surface area (Å²) >= 11 is 0. The normalized spacial score (nSPS) is 10.7. The summed E-state index contributed by atoms with van der Waals surface area (Å²) in [5, 5.41) is 0.780. The number of aromatic nitrogens is 3. The van der Waals surface area contributed by atoms with Crippen molar-refractivity contribution < 1.29 is 9.59 Å². The Morgan fingerprint density at radius 2 is 1.80 bits per heavy atom. The highest BCUT2D eigenvalue weighted by Gasteiger charge is 2.12. The summed E-state index contributed by atoms with van der Waals surface area (Å²) < 4.78 is 1.47. The second-order valence-corrected chi connectivity index (χ2v) is 5.37. The lowest BCUT2D eigenvalue weighted by Gasteiger charge is -2.09. The molecule has 25 heavy (non-hydrogen) atoms. The average molecular weight is 334 g/mol. The number of amides is 3. The summed E-state index contributed by atoms with van der Waals surface area (Å²) in [6.07, 6.45) is 3.09. The van der Waals surface area contributed by atoms with Crippen LogP contribution in [0.2, 0.25) is 0 Å². The summed E-state index contributed by atoms with van der Waals surface area (Å²) in [4.78, 5) is 31.4. The third-order valence-electron chi connectivity index (χ3n) is 3.80. The van der Waals surface area contributed by atoms with Crippen molar-refractivity contribution in [1.29, 1.82) is 0 Å². The number of imidazole rings is 1. The molecule has 0 radical (unpaired) electrons. The number of aromatic amines is 1. The zero-order valence-electron chi connectivity index (χ0n) is 13.0. The summed E-state index contributed by atoms with van der Waals surface area (Å²) in [6, 6.07) is 14.2. The number of H-pyrrole nitrogens is 1. The summed E-state index contributed by atoms with van der Waals surface area (Å²) in [5.74, 6) is -0.414. The van der Waals surface area contributed by atoms with E-state index in [0.29, 0.717) is 5.56 Å². The number of rotatable bonds is 2. The second kappa shape index (κ2) is 6.00. The van der Waals surface area contributed by atoms with Gasteiger partial charge in [-0.25, -0.2) is 25.3 Å². The van der Waals surface area contributed by atoms with Crippen LogP contribution in [0.15, 0.2) is 61.1 Å². The molecule has 8 nitrogen and oxygen atoms in total. The van der Waals surface area contributed by atoms with E-state index in [-0.39, 0.29) is 0 Å². The summed E-state index contributed by atoms with van der Waals surface area (Å²) in [5.41, 5.74) is 10.1. The van der Waals surface area contributed by atoms with Crippen LogP contribution in [0.25, 0.3) is 21.9 Å². The van der Waals surface area contributed by atoms with Crippen molar-refractivity contribution in [1.82, 2.24) is 25.5 Å². The Balaban J connectivity index is 1.42. The summed E-state index contributed by atoms with van der Waals surface area (Å²) in [7, 11) is 0. The predicted molar refractivity (Wildman–Crippen MR) is 93.4 cm³/mol. The maximum atomic E-state index is 12.2. The minimum Gasteiger partial charge on any atom is -0.360 e. The van der Waals surface area contributed by atoms with Crippen molar-refractivity contribution in [2.24, 2.45) is 0 Å². The molecule has 3 amide bonds. The Bertz CT molecular complexity index is 1080. The van der Waals surface area contributed by atoms with Gasteiger partial charge in [-0.05, 0) is 18.2 Å². The Hall–Kier alpha value is -3.81. The van der Waals surface area contributed by atoms with Crippen LogP contribution in [0.1, 0.15) is 10.4 Å². The van der Waals surface area contributed by atoms with Gasteiger partial charge in [-0.3, -0.25) is 10.2 Å². The first-order valence-corrected chi connectivity index (χ1v) is 7.58. The molecular weight excluding hydrogens is 320 g/mol. The molecular formula is C17H14N6O2. The van der Waals surface area contributed by atoms with Gasteiger partial charge in [-0.1, -0.05) is 30.3 Å². The highest BCUT2D eigenvalue weighted by molar-refractivity contribution is 6.07. The Morgan fingerprint density at radius 1 is 1.00 bits per heavy atom. The van der Waals surface area contributed by atoms with Crippen molar-refractivity contribution in [2.75, 3.05) is 5.43 Å². The highest BCUT2D eigenvalue weighted by atomic mass is 16.2. The molecule has 0 fully saturated rings. The number of hydrazine groups is 1. The van der Waals surface area contributed by atoms with Gasteiger partial charge in [0, 0.05) is 17.1 Å². The number of carbonyl (C=O) groups excluding carboxylic acids is 2. The van der Waals surface area contributed by atoms with Gasteiger partial charge in [0.25, 0.3) is 5.91 Å². The smallest absolute Gasteiger partial charge is 0.352 e. The van der Waals surface area contributed by atoms with Crippen molar-refractivity contribution >= 4 is 33.9 Å². The van der Waals surface area contributed by atoms with E-state index in [9.17, 15) is 9.59 Å². The minimum absolute atomic E-state index is 0.414. The van der Waals surface area contributed by atoms with Crippen LogP contribution in [-0.4, -0.2) is 26.6 Å². The van der Waals surface area contributed by atoms with E-state index in [0.717, 1.165) is 21.9 Å². The molecule has 2 heterocycles. The lowest BCUT2D eigenvalue weighted by Crippen LogP contribution is -2.45. The molecule has 0 saturated carbocycles. The predicted octanol–water partition coefficient (Wildman–Crippen LogP) is 2.12. The lowest BCUT2D eigenvalue weighted by atomic mass is 10.2. The Morgan fingerprint density at radius 3 is 2.72 bits per heavy atom. The third-order valence-corrected chi connectivity index (χ3v) is 3.80. The molecule has 0 aliphatic heterocycles. The maximum absolute atomic E-state index is 12.2. The van der Waals surface area contributed by atoms with Crippen molar-refractivity contribution in [3.8, 4) is 0 Å². The fourth-order valence-electron chi connectivity index (χ4n) is 2.63. The SMILES string of the molecule is O=C(NNC(=O)c1c[nH]c2ccccc12)Nn1cnc2ccccc21. The molecule has 0 aliphatic rings. The molecule has 2 aromatic heterocycles. The van der Waals surface area contributed by atoms with Crippen LogP contribution in [0.4, 0.5) is 4.79 Å². The van der Waals surface area contributed by atoms with Crippen LogP contribution in [-0.2, 0) is 0 Å². The molecule has 4 aromatic rings. The first-order valence-electron chi connectivity index (χ1n) is 7.58. The lowest BCUT2D eigenvalue weighted by molar-refractivity contribution is 0.0939. The van der Waals surface area contributed by atoms with Gasteiger partial charge in [0.15, 0.2) is 0 Å². The van der Waals surface area contributed by atoms with E-state index in [1.54, 1.807) is 6.20 Å². The van der Waals surface area contributed by atoms with E-state index in [1.165, 1.54) is 11.0 Å². The number of urea groups is 1. The van der Waals surface area contributed by atoms with Gasteiger partial charge in [0.05, 0.1) is 16.6 Å². The molecule has 0 saturated heterocycles. The molecule has 2 aromatic carbocycles. The first-order chi connectivity index (χ1) is 12.2. The standard InChI is InChI=1S/C17H14N6O2/c24-16(12-9-18-13-6-2-1-5-11(12)13)20-21-17(25)22-23-10-19-14-7-3-4-8-15(14)23/h1-10,18H,(H,20,24)(H2,21,22,25). The number of benzene rings is 2. The molecule has 8 heteroatoms. The topological polar surface area (TPSA) is 104 Å². The van der Waals surface area contributed by atoms with Crippen LogP contribution < -0.4 is 16.3 Å². The zero-order valence-corrected chi connectivity index (χ0v) is 13.0. The molecule has 0 atom stereocenters. The van der Waals surface area contributed by atoms with Gasteiger partial charge in [-0.2, -0.15) is 0 Å². The molecule has 4 N–H and O–H groups in total. The van der Waals surface area contributed by atoms with Gasteiger partial charge in [0.1, 0.15) is 6.33 Å². The van der Waals surface area contributed by atoms with Crippen molar-refractivity contribution in [3.05, 3.63) is 66.6 Å². The quantitative estimate of drug-likeness (QED) is 0.422. The van der Waals surface area contributed by atoms with E-state index in [2.05, 4.69) is 26.2 Å². The van der Waals surface area contributed by atoms with E-state index < -0.39 is 11.9 Å². The first kappa shape index (κ1) is 14.8. The molecule has 0 bridgehead atoms. The number of nitrogens with one attached hydrogen (secondary N) is 4. The van der Waals surface area contributed by atoms with Crippen molar-refractivity contribution in [2.45, 2.75) is 0 Å². The molecule has 0 unspecified atom stereocenters. The maximum Gasteiger partial charge on any atom is 0.352 e. The highest BCUT2D eigenvalue weighted by Crippen LogP contribution is 2.17. The molecule has 4 rings (SSSR count). The number of fused-ring (bicyclic) bond motifs is 2. The van der Waals surface area contributed by atoms with Crippen LogP contribution >= 0.6 is 0 Å². The molecule has 0 spiro atoms. The largest absolute Gasteiger partial charge is 0.360 e. The molecule has 0 aliphatic carbocycles. The van der Waals surface area contributed by atoms with Gasteiger partial charge < -0.3 is 4.98 Å². The van der Waals surface area contributed by atoms with Gasteiger partial charge in [-0.15, -0.1) is 0 Å². The average Bonchev–Trinajstić information content (AvgIpc) is 3.24. The van der Waals surface area contributed by atoms with E-state index in [4.69, 9.17) is 0 Å². The minimum atomic E-state index is -0.587. The number of hydrogen-bond donors (Lipinski definition) is 4. The van der Waals surface area contributed by atoms with Gasteiger partial charge >= 0.3 is 6.03 Å². The van der Waals surface area contributed by atoms with E-state index >= 15 is 0 Å². The fourth-order valence-corrected chi connectivity index (χ4v) is 2.63. The molecule has 124 valence electrons. The second-order valence-electron chi connectivity index (χ2n) is 5.37. The Kier molecular flexibility index (Phi) is 3.55. The number of carbonyl (C=O) groups is 2. The Labute approximate surface area is 141 Å². The third kappa shape index (κ3) is 2.76. The number of hydrogen-bond acceptors (Lipinski definition) is 3. The zero-order chi connectivity index (χ0) is 17.2. The van der Waals surface area contributed by atoms with Crippen molar-refractivity contribution in [3.63, 3.8) is 0 Å². The number of nitrogens with zero attached hydrogens (tertiary/aromatic N) is 2. The summed E-state index contributed by atoms with van der Waals surface area (Å²) in [6.45, 7) is 0. The van der Waals surface area contributed by atoms with Crippen LogP contribution in [0, 0.1) is 0 Å².